The first-order valence-electron chi connectivity index (χ1n) is 5.96. The second kappa shape index (κ2) is 14.7. The quantitative estimate of drug-likeness (QED) is 0.235. The highest BCUT2D eigenvalue weighted by Crippen LogP contribution is 1.98. The highest BCUT2D eigenvalue weighted by molar-refractivity contribution is 14.0. The second-order valence-corrected chi connectivity index (χ2v) is 3.61. The van der Waals surface area contributed by atoms with Crippen molar-refractivity contribution in [3.05, 3.63) is 12.2 Å². The lowest BCUT2D eigenvalue weighted by molar-refractivity contribution is 0.673. The van der Waals surface area contributed by atoms with Crippen molar-refractivity contribution in [1.29, 1.82) is 0 Å². The van der Waals surface area contributed by atoms with Crippen molar-refractivity contribution < 1.29 is 0 Å². The zero-order chi connectivity index (χ0) is 11.4. The lowest BCUT2D eigenvalue weighted by atomic mass is 10.2. The molecular formula is C12H26IN3. The standard InChI is InChI=1S/C12H25N3.HI/c1-3-5-7-9-11-15-12(13)14-10-8-6-4-2;/h4,6H,3,5,7-11H2,1-2H3,(H3,13,14,15);1H. The number of unbranched alkanes of at least 4 members (excludes halogenated alkanes) is 3. The highest BCUT2D eigenvalue weighted by atomic mass is 127. The summed E-state index contributed by atoms with van der Waals surface area (Å²) in [5.74, 6) is 0.580. The molecule has 4 heteroatoms. The van der Waals surface area contributed by atoms with Crippen molar-refractivity contribution in [2.24, 2.45) is 10.7 Å². The Bertz CT molecular complexity index is 191. The molecule has 0 aromatic carbocycles. The number of halogens is 1. The monoisotopic (exact) mass is 339 g/mol. The van der Waals surface area contributed by atoms with E-state index in [9.17, 15) is 0 Å². The molecule has 0 bridgehead atoms. The van der Waals surface area contributed by atoms with E-state index in [1.54, 1.807) is 0 Å². The first-order chi connectivity index (χ1) is 7.31. The normalized spacial score (nSPS) is 11.5. The van der Waals surface area contributed by atoms with Crippen LogP contribution in [0.1, 0.15) is 46.0 Å². The molecular weight excluding hydrogens is 313 g/mol. The van der Waals surface area contributed by atoms with Gasteiger partial charge in [0.1, 0.15) is 0 Å². The smallest absolute Gasteiger partial charge is 0.188 e. The topological polar surface area (TPSA) is 50.4 Å². The molecule has 16 heavy (non-hydrogen) atoms. The minimum atomic E-state index is 0. The van der Waals surface area contributed by atoms with Gasteiger partial charge in [-0.3, -0.25) is 4.99 Å². The summed E-state index contributed by atoms with van der Waals surface area (Å²) < 4.78 is 0. The van der Waals surface area contributed by atoms with Crippen LogP contribution >= 0.6 is 24.0 Å². The molecule has 0 aromatic rings. The minimum absolute atomic E-state index is 0. The molecule has 0 rings (SSSR count). The molecule has 0 aliphatic rings. The van der Waals surface area contributed by atoms with Crippen molar-refractivity contribution >= 4 is 29.9 Å². The van der Waals surface area contributed by atoms with Crippen LogP contribution in [0.4, 0.5) is 0 Å². The fraction of sp³-hybridized carbons (Fsp3) is 0.750. The highest BCUT2D eigenvalue weighted by Gasteiger charge is 1.90. The van der Waals surface area contributed by atoms with Crippen LogP contribution < -0.4 is 11.1 Å². The van der Waals surface area contributed by atoms with E-state index in [0.717, 1.165) is 25.9 Å². The molecule has 96 valence electrons. The second-order valence-electron chi connectivity index (χ2n) is 3.61. The third kappa shape index (κ3) is 13.7. The van der Waals surface area contributed by atoms with E-state index in [1.807, 2.05) is 13.0 Å². The zero-order valence-corrected chi connectivity index (χ0v) is 12.9. The summed E-state index contributed by atoms with van der Waals surface area (Å²) in [4.78, 5) is 4.25. The van der Waals surface area contributed by atoms with E-state index in [-0.39, 0.29) is 24.0 Å². The zero-order valence-electron chi connectivity index (χ0n) is 10.5. The van der Waals surface area contributed by atoms with E-state index in [4.69, 9.17) is 5.73 Å². The molecule has 0 heterocycles. The van der Waals surface area contributed by atoms with Crippen LogP contribution in [-0.2, 0) is 0 Å². The van der Waals surface area contributed by atoms with Gasteiger partial charge in [-0.2, -0.15) is 0 Å². The molecule has 0 saturated heterocycles. The van der Waals surface area contributed by atoms with Gasteiger partial charge in [0.25, 0.3) is 0 Å². The van der Waals surface area contributed by atoms with E-state index in [1.165, 1.54) is 19.3 Å². The predicted molar refractivity (Wildman–Crippen MR) is 83.5 cm³/mol. The largest absolute Gasteiger partial charge is 0.370 e. The molecule has 0 radical (unpaired) electrons. The van der Waals surface area contributed by atoms with Crippen molar-refractivity contribution in [3.63, 3.8) is 0 Å². The summed E-state index contributed by atoms with van der Waals surface area (Å²) in [5.41, 5.74) is 5.69. The maximum absolute atomic E-state index is 5.69. The van der Waals surface area contributed by atoms with Crippen LogP contribution in [0.15, 0.2) is 17.1 Å². The number of hydrogen-bond donors (Lipinski definition) is 2. The van der Waals surface area contributed by atoms with E-state index >= 15 is 0 Å². The number of nitrogens with zero attached hydrogens (tertiary/aromatic N) is 1. The number of allylic oxidation sites excluding steroid dienone is 1. The summed E-state index contributed by atoms with van der Waals surface area (Å²) >= 11 is 0. The van der Waals surface area contributed by atoms with Gasteiger partial charge in [-0.1, -0.05) is 38.3 Å². The van der Waals surface area contributed by atoms with E-state index < -0.39 is 0 Å². The van der Waals surface area contributed by atoms with Gasteiger partial charge in [-0.25, -0.2) is 0 Å². The van der Waals surface area contributed by atoms with Crippen molar-refractivity contribution in [1.82, 2.24) is 5.32 Å². The summed E-state index contributed by atoms with van der Waals surface area (Å²) in [7, 11) is 0. The van der Waals surface area contributed by atoms with Gasteiger partial charge in [0.05, 0.1) is 0 Å². The Morgan fingerprint density at radius 3 is 2.69 bits per heavy atom. The van der Waals surface area contributed by atoms with Gasteiger partial charge >= 0.3 is 0 Å². The lowest BCUT2D eigenvalue weighted by Crippen LogP contribution is -2.32. The lowest BCUT2D eigenvalue weighted by Gasteiger charge is -2.03. The van der Waals surface area contributed by atoms with Crippen molar-refractivity contribution in [3.8, 4) is 0 Å². The molecule has 0 saturated carbocycles. The van der Waals surface area contributed by atoms with Crippen molar-refractivity contribution in [2.75, 3.05) is 13.1 Å². The van der Waals surface area contributed by atoms with Crippen LogP contribution in [-0.4, -0.2) is 19.0 Å². The Kier molecular flexibility index (Phi) is 16.7. The Hall–Kier alpha value is -0.260. The summed E-state index contributed by atoms with van der Waals surface area (Å²) in [6.45, 7) is 5.95. The molecule has 0 aliphatic carbocycles. The van der Waals surface area contributed by atoms with E-state index in [0.29, 0.717) is 5.96 Å². The maximum atomic E-state index is 5.69. The Morgan fingerprint density at radius 1 is 1.31 bits per heavy atom. The average Bonchev–Trinajstić information content (AvgIpc) is 2.24. The van der Waals surface area contributed by atoms with Crippen LogP contribution in [0, 0.1) is 0 Å². The molecule has 0 unspecified atom stereocenters. The Labute approximate surface area is 117 Å². The number of rotatable bonds is 8. The minimum Gasteiger partial charge on any atom is -0.370 e. The molecule has 0 spiro atoms. The fourth-order valence-corrected chi connectivity index (χ4v) is 1.24. The number of nitrogens with one attached hydrogen (secondary N) is 1. The predicted octanol–water partition coefficient (Wildman–Crippen LogP) is 3.06. The first kappa shape index (κ1) is 18.1. The van der Waals surface area contributed by atoms with E-state index in [2.05, 4.69) is 23.3 Å². The van der Waals surface area contributed by atoms with Crippen LogP contribution in [0.3, 0.4) is 0 Å². The summed E-state index contributed by atoms with van der Waals surface area (Å²) in [5, 5.41) is 3.08. The van der Waals surface area contributed by atoms with Crippen LogP contribution in [0.25, 0.3) is 0 Å². The average molecular weight is 339 g/mol. The number of guanidine groups is 1. The van der Waals surface area contributed by atoms with Crippen LogP contribution in [0.5, 0.6) is 0 Å². The molecule has 3 N–H and O–H groups in total. The number of nitrogens with two attached hydrogens (primary N) is 1. The molecule has 3 nitrogen and oxygen atoms in total. The van der Waals surface area contributed by atoms with Gasteiger partial charge in [0.2, 0.25) is 0 Å². The van der Waals surface area contributed by atoms with Gasteiger partial charge in [-0.15, -0.1) is 24.0 Å². The molecule has 0 aromatic heterocycles. The molecule has 0 fully saturated rings. The van der Waals surface area contributed by atoms with Gasteiger partial charge in [0, 0.05) is 13.1 Å². The Balaban J connectivity index is 0. The molecule has 0 amide bonds. The summed E-state index contributed by atoms with van der Waals surface area (Å²) in [6.07, 6.45) is 10.1. The van der Waals surface area contributed by atoms with Crippen molar-refractivity contribution in [2.45, 2.75) is 46.0 Å². The number of hydrogen-bond acceptors (Lipinski definition) is 1. The Morgan fingerprint density at radius 2 is 2.06 bits per heavy atom. The molecule has 0 atom stereocenters. The maximum Gasteiger partial charge on any atom is 0.188 e. The van der Waals surface area contributed by atoms with Gasteiger partial charge in [-0.05, 0) is 19.8 Å². The SMILES string of the molecule is CC=CCCNC(N)=NCCCCCC.I. The van der Waals surface area contributed by atoms with Gasteiger partial charge in [0.15, 0.2) is 5.96 Å². The third-order valence-corrected chi connectivity index (χ3v) is 2.15. The summed E-state index contributed by atoms with van der Waals surface area (Å²) in [6, 6.07) is 0. The van der Waals surface area contributed by atoms with Gasteiger partial charge < -0.3 is 11.1 Å². The fourth-order valence-electron chi connectivity index (χ4n) is 1.24. The third-order valence-electron chi connectivity index (χ3n) is 2.15. The molecule has 0 aliphatic heterocycles. The number of aliphatic imine (C=N–C) groups is 1. The first-order valence-corrected chi connectivity index (χ1v) is 5.96. The van der Waals surface area contributed by atoms with Crippen LogP contribution in [0.2, 0.25) is 0 Å².